The molecule has 5 aromatic carbocycles. The normalized spacial score (nSPS) is 11.1. The molecule has 0 amide bonds. The number of aromatic hydroxyl groups is 7. The maximum Gasteiger partial charge on any atom is 0.347 e. The van der Waals surface area contributed by atoms with Crippen LogP contribution in [-0.4, -0.2) is 41.7 Å². The molecule has 0 aliphatic heterocycles. The maximum atomic E-state index is 13.6. The number of ether oxygens (including phenoxy) is 1. The van der Waals surface area contributed by atoms with Crippen LogP contribution < -0.4 is 4.74 Å². The van der Waals surface area contributed by atoms with Crippen LogP contribution in [0.5, 0.6) is 46.0 Å². The van der Waals surface area contributed by atoms with E-state index in [2.05, 4.69) is 0 Å². The Morgan fingerprint density at radius 1 is 0.688 bits per heavy atom. The molecule has 0 radical (unpaired) electrons. The molecule has 0 bridgehead atoms. The fraction of sp³-hybridized carbons (Fsp3) is 0.103. The standard InChI is InChI=1S/C39H34O9/c1-21(2)4-10-30-32(42)13-12-31(38(30)46)39(47)48-36-17-23(5-6-24-7-8-27(40)19-33(24)43)16-35(45)37(36)26-15-22(3)14-25(18-26)29-11-9-28(41)20-34(29)44/h4-9,11-20,40-46H,10H2,1-3H3/b6-5+. The van der Waals surface area contributed by atoms with Crippen molar-refractivity contribution in [1.82, 2.24) is 0 Å². The minimum absolute atomic E-state index is 0.0700. The molecule has 5 aromatic rings. The molecule has 5 rings (SSSR count). The lowest BCUT2D eigenvalue weighted by Crippen LogP contribution is -2.10. The lowest BCUT2D eigenvalue weighted by Gasteiger charge is -2.17. The number of hydrogen-bond acceptors (Lipinski definition) is 9. The summed E-state index contributed by atoms with van der Waals surface area (Å²) >= 11 is 0. The van der Waals surface area contributed by atoms with Gasteiger partial charge in [-0.3, -0.25) is 0 Å². The van der Waals surface area contributed by atoms with Crippen LogP contribution in [0.2, 0.25) is 0 Å². The van der Waals surface area contributed by atoms with Crippen LogP contribution >= 0.6 is 0 Å². The molecule has 0 aliphatic carbocycles. The zero-order chi connectivity index (χ0) is 34.7. The second kappa shape index (κ2) is 13.6. The summed E-state index contributed by atoms with van der Waals surface area (Å²) in [5.41, 5.74) is 3.96. The van der Waals surface area contributed by atoms with E-state index in [-0.39, 0.29) is 63.4 Å². The first-order chi connectivity index (χ1) is 22.8. The van der Waals surface area contributed by atoms with E-state index in [1.54, 1.807) is 36.4 Å². The SMILES string of the molecule is CC(C)=CCc1c(O)ccc(C(=O)Oc2cc(/C=C/c3ccc(O)cc3O)cc(O)c2-c2cc(C)cc(-c3ccc(O)cc3O)c2)c1O. The maximum absolute atomic E-state index is 13.6. The Morgan fingerprint density at radius 3 is 2.06 bits per heavy atom. The zero-order valence-corrected chi connectivity index (χ0v) is 26.4. The summed E-state index contributed by atoms with van der Waals surface area (Å²) in [4.78, 5) is 13.6. The fourth-order valence-electron chi connectivity index (χ4n) is 5.25. The van der Waals surface area contributed by atoms with Crippen LogP contribution in [0.1, 0.15) is 46.5 Å². The van der Waals surface area contributed by atoms with Gasteiger partial charge in [-0.1, -0.05) is 35.9 Å². The Balaban J connectivity index is 1.64. The lowest BCUT2D eigenvalue weighted by molar-refractivity contribution is 0.0732. The van der Waals surface area contributed by atoms with E-state index in [9.17, 15) is 40.5 Å². The molecule has 9 nitrogen and oxygen atoms in total. The van der Waals surface area contributed by atoms with Gasteiger partial charge < -0.3 is 40.5 Å². The van der Waals surface area contributed by atoms with Crippen molar-refractivity contribution in [2.75, 3.05) is 0 Å². The molecule has 0 saturated carbocycles. The molecule has 0 aromatic heterocycles. The van der Waals surface area contributed by atoms with Crippen molar-refractivity contribution in [2.45, 2.75) is 27.2 Å². The van der Waals surface area contributed by atoms with Gasteiger partial charge in [-0.15, -0.1) is 0 Å². The Morgan fingerprint density at radius 2 is 1.38 bits per heavy atom. The Labute approximate surface area is 276 Å². The number of phenols is 7. The van der Waals surface area contributed by atoms with E-state index in [0.717, 1.165) is 11.1 Å². The third-order valence-electron chi connectivity index (χ3n) is 7.63. The highest BCUT2D eigenvalue weighted by molar-refractivity contribution is 5.96. The number of aryl methyl sites for hydroxylation is 1. The average Bonchev–Trinajstić information content (AvgIpc) is 3.00. The van der Waals surface area contributed by atoms with Crippen molar-refractivity contribution in [3.05, 3.63) is 118 Å². The predicted octanol–water partition coefficient (Wildman–Crippen LogP) is 8.17. The number of carbonyl (C=O) groups excluding carboxylic acids is 1. The molecule has 48 heavy (non-hydrogen) atoms. The van der Waals surface area contributed by atoms with Gasteiger partial charge >= 0.3 is 5.97 Å². The molecule has 0 unspecified atom stereocenters. The topological polar surface area (TPSA) is 168 Å². The van der Waals surface area contributed by atoms with Crippen molar-refractivity contribution in [1.29, 1.82) is 0 Å². The zero-order valence-electron chi connectivity index (χ0n) is 26.4. The highest BCUT2D eigenvalue weighted by Gasteiger charge is 2.23. The first kappa shape index (κ1) is 33.0. The minimum Gasteiger partial charge on any atom is -0.508 e. The van der Waals surface area contributed by atoms with Crippen molar-refractivity contribution in [2.24, 2.45) is 0 Å². The number of esters is 1. The van der Waals surface area contributed by atoms with E-state index in [0.29, 0.717) is 27.8 Å². The molecule has 0 atom stereocenters. The summed E-state index contributed by atoms with van der Waals surface area (Å²) < 4.78 is 5.87. The largest absolute Gasteiger partial charge is 0.508 e. The Hall–Kier alpha value is -6.35. The van der Waals surface area contributed by atoms with E-state index >= 15 is 0 Å². The van der Waals surface area contributed by atoms with Crippen LogP contribution in [0.15, 0.2) is 90.5 Å². The minimum atomic E-state index is -0.951. The summed E-state index contributed by atoms with van der Waals surface area (Å²) in [5.74, 6) is -2.46. The summed E-state index contributed by atoms with van der Waals surface area (Å²) in [7, 11) is 0. The van der Waals surface area contributed by atoms with Crippen LogP contribution in [0.25, 0.3) is 34.4 Å². The third kappa shape index (κ3) is 7.21. The van der Waals surface area contributed by atoms with E-state index in [4.69, 9.17) is 4.74 Å². The van der Waals surface area contributed by atoms with Crippen LogP contribution in [0.3, 0.4) is 0 Å². The first-order valence-corrected chi connectivity index (χ1v) is 14.9. The van der Waals surface area contributed by atoms with Crippen LogP contribution in [-0.2, 0) is 6.42 Å². The van der Waals surface area contributed by atoms with Gasteiger partial charge in [0.25, 0.3) is 0 Å². The van der Waals surface area contributed by atoms with Gasteiger partial charge in [0.1, 0.15) is 51.6 Å². The van der Waals surface area contributed by atoms with Gasteiger partial charge in [-0.25, -0.2) is 4.79 Å². The highest BCUT2D eigenvalue weighted by Crippen LogP contribution is 2.43. The van der Waals surface area contributed by atoms with E-state index in [1.807, 2.05) is 26.8 Å². The highest BCUT2D eigenvalue weighted by atomic mass is 16.5. The number of rotatable bonds is 8. The number of hydrogen-bond donors (Lipinski definition) is 7. The molecular weight excluding hydrogens is 612 g/mol. The van der Waals surface area contributed by atoms with Crippen molar-refractivity contribution in [3.63, 3.8) is 0 Å². The van der Waals surface area contributed by atoms with E-state index in [1.165, 1.54) is 54.6 Å². The predicted molar refractivity (Wildman–Crippen MR) is 184 cm³/mol. The van der Waals surface area contributed by atoms with Gasteiger partial charge in [0.05, 0.1) is 5.56 Å². The summed E-state index contributed by atoms with van der Waals surface area (Å²) in [5, 5.41) is 73.0. The van der Waals surface area contributed by atoms with Gasteiger partial charge in [0.15, 0.2) is 0 Å². The molecule has 0 spiro atoms. The molecule has 0 fully saturated rings. The second-order valence-corrected chi connectivity index (χ2v) is 11.6. The second-order valence-electron chi connectivity index (χ2n) is 11.6. The van der Waals surface area contributed by atoms with Gasteiger partial charge in [-0.2, -0.15) is 0 Å². The lowest BCUT2D eigenvalue weighted by atomic mass is 9.94. The van der Waals surface area contributed by atoms with Crippen molar-refractivity contribution in [3.8, 4) is 68.2 Å². The van der Waals surface area contributed by atoms with Crippen molar-refractivity contribution >= 4 is 18.1 Å². The van der Waals surface area contributed by atoms with Crippen molar-refractivity contribution < 1.29 is 45.3 Å². The van der Waals surface area contributed by atoms with Crippen LogP contribution in [0, 0.1) is 6.92 Å². The molecule has 0 saturated heterocycles. The number of carbonyl (C=O) groups is 1. The van der Waals surface area contributed by atoms with Crippen LogP contribution in [0.4, 0.5) is 0 Å². The van der Waals surface area contributed by atoms with Gasteiger partial charge in [-0.05, 0) is 104 Å². The number of benzene rings is 5. The molecule has 244 valence electrons. The number of phenolic OH excluding ortho intramolecular Hbond substituents is 7. The summed E-state index contributed by atoms with van der Waals surface area (Å²) in [6.45, 7) is 5.55. The van der Waals surface area contributed by atoms with E-state index < -0.39 is 11.7 Å². The number of allylic oxidation sites excluding steroid dienone is 2. The molecule has 7 N–H and O–H groups in total. The quantitative estimate of drug-likeness (QED) is 0.0381. The average molecular weight is 647 g/mol. The summed E-state index contributed by atoms with van der Waals surface area (Å²) in [6, 6.07) is 19.0. The molecule has 9 heteroatoms. The van der Waals surface area contributed by atoms with Gasteiger partial charge in [0.2, 0.25) is 0 Å². The Kier molecular flexibility index (Phi) is 9.33. The monoisotopic (exact) mass is 646 g/mol. The summed E-state index contributed by atoms with van der Waals surface area (Å²) in [6.07, 6.45) is 5.09. The first-order valence-electron chi connectivity index (χ1n) is 14.9. The third-order valence-corrected chi connectivity index (χ3v) is 7.63. The fourth-order valence-corrected chi connectivity index (χ4v) is 5.25. The van der Waals surface area contributed by atoms with Gasteiger partial charge in [0, 0.05) is 28.8 Å². The molecule has 0 aliphatic rings. The molecular formula is C39H34O9. The smallest absolute Gasteiger partial charge is 0.347 e. The molecule has 0 heterocycles. The Bertz CT molecular complexity index is 2100.